The lowest BCUT2D eigenvalue weighted by Gasteiger charge is -2.47. The number of carbonyl (C=O) groups excluding carboxylic acids is 1. The molecule has 1 aromatic rings. The van der Waals surface area contributed by atoms with Gasteiger partial charge in [0.1, 0.15) is 11.7 Å². The van der Waals surface area contributed by atoms with Gasteiger partial charge in [0.25, 0.3) is 0 Å². The zero-order valence-electron chi connectivity index (χ0n) is 16.6. The highest BCUT2D eigenvalue weighted by atomic mass is 28.4. The average Bonchev–Trinajstić information content (AvgIpc) is 2.94. The van der Waals surface area contributed by atoms with Gasteiger partial charge in [-0.05, 0) is 38.9 Å². The van der Waals surface area contributed by atoms with E-state index in [2.05, 4.69) is 40.8 Å². The van der Waals surface area contributed by atoms with Crippen molar-refractivity contribution in [3.05, 3.63) is 23.2 Å². The van der Waals surface area contributed by atoms with Crippen molar-refractivity contribution in [1.29, 1.82) is 0 Å². The Kier molecular flexibility index (Phi) is 4.16. The fraction of sp³-hybridized carbons (Fsp3) is 0.737. The molecule has 1 aliphatic carbocycles. The minimum Gasteiger partial charge on any atom is -0.461 e. The van der Waals surface area contributed by atoms with Gasteiger partial charge in [-0.2, -0.15) is 0 Å². The highest BCUT2D eigenvalue weighted by Gasteiger charge is 2.60. The number of aldehydes is 1. The summed E-state index contributed by atoms with van der Waals surface area (Å²) < 4.78 is 24.8. The van der Waals surface area contributed by atoms with Crippen molar-refractivity contribution in [2.75, 3.05) is 0 Å². The number of furan rings is 1. The summed E-state index contributed by atoms with van der Waals surface area (Å²) in [6.45, 7) is 17.0. The average molecular weight is 367 g/mol. The van der Waals surface area contributed by atoms with Crippen LogP contribution < -0.4 is 0 Å². The Morgan fingerprint density at radius 3 is 2.48 bits per heavy atom. The second-order valence-corrected chi connectivity index (χ2v) is 14.2. The van der Waals surface area contributed by atoms with Crippen molar-refractivity contribution < 1.29 is 23.1 Å². The van der Waals surface area contributed by atoms with Gasteiger partial charge in [0.05, 0.1) is 12.4 Å². The van der Waals surface area contributed by atoms with Gasteiger partial charge in [-0.15, -0.1) is 0 Å². The standard InChI is InChI=1S/C19H30O5Si/c1-17(2,3)25(7,8)23-15-9-12-13(11-21-14(12)10-20)16-19(15,6)24-18(4,5)22-16/h10-11,15-16H,9H2,1-8H3/t15-,16?,19+/m1/s1. The van der Waals surface area contributed by atoms with E-state index in [-0.39, 0.29) is 17.2 Å². The second-order valence-electron chi connectivity index (χ2n) is 9.41. The number of carbonyl (C=O) groups is 1. The SMILES string of the molecule is CC1(C)OC2c3coc(C=O)c3C[C@@H](O[Si](C)(C)C(C)(C)C)[C@]2(C)O1. The van der Waals surface area contributed by atoms with E-state index in [1.165, 1.54) is 0 Å². The maximum atomic E-state index is 11.4. The summed E-state index contributed by atoms with van der Waals surface area (Å²) in [6.07, 6.45) is 2.50. The predicted octanol–water partition coefficient (Wildman–Crippen LogP) is 4.62. The van der Waals surface area contributed by atoms with E-state index in [1.54, 1.807) is 6.26 Å². The molecule has 1 saturated heterocycles. The molecule has 1 unspecified atom stereocenters. The van der Waals surface area contributed by atoms with Gasteiger partial charge in [-0.25, -0.2) is 0 Å². The molecule has 6 heteroatoms. The van der Waals surface area contributed by atoms with Gasteiger partial charge in [0.2, 0.25) is 0 Å². The maximum Gasteiger partial charge on any atom is 0.192 e. The van der Waals surface area contributed by atoms with Crippen LogP contribution in [0.1, 0.15) is 69.3 Å². The fourth-order valence-electron chi connectivity index (χ4n) is 3.64. The molecule has 1 aromatic heterocycles. The lowest BCUT2D eigenvalue weighted by Crippen LogP contribution is -2.56. The van der Waals surface area contributed by atoms with E-state index in [0.717, 1.165) is 17.4 Å². The zero-order valence-corrected chi connectivity index (χ0v) is 17.6. The van der Waals surface area contributed by atoms with Crippen LogP contribution in [-0.2, 0) is 20.3 Å². The Morgan fingerprint density at radius 1 is 1.28 bits per heavy atom. The molecule has 3 rings (SSSR count). The molecular formula is C19H30O5Si. The molecule has 2 aliphatic rings. The van der Waals surface area contributed by atoms with Crippen molar-refractivity contribution in [1.82, 2.24) is 0 Å². The molecular weight excluding hydrogens is 336 g/mol. The summed E-state index contributed by atoms with van der Waals surface area (Å²) in [5, 5.41) is 0.0813. The molecule has 1 aliphatic heterocycles. The highest BCUT2D eigenvalue weighted by molar-refractivity contribution is 6.74. The zero-order chi connectivity index (χ0) is 18.8. The molecule has 0 spiro atoms. The van der Waals surface area contributed by atoms with E-state index in [9.17, 15) is 4.79 Å². The third-order valence-electron chi connectivity index (χ3n) is 6.01. The van der Waals surface area contributed by atoms with Crippen LogP contribution in [0.25, 0.3) is 0 Å². The molecule has 1 fully saturated rings. The lowest BCUT2D eigenvalue weighted by atomic mass is 9.78. The number of hydrogen-bond donors (Lipinski definition) is 0. The largest absolute Gasteiger partial charge is 0.461 e. The summed E-state index contributed by atoms with van der Waals surface area (Å²) in [5.41, 5.74) is 1.18. The van der Waals surface area contributed by atoms with Gasteiger partial charge in [-0.3, -0.25) is 4.79 Å². The smallest absolute Gasteiger partial charge is 0.192 e. The number of fused-ring (bicyclic) bond motifs is 3. The molecule has 2 heterocycles. The van der Waals surface area contributed by atoms with Crippen LogP contribution >= 0.6 is 0 Å². The van der Waals surface area contributed by atoms with Crippen LogP contribution in [0, 0.1) is 0 Å². The fourth-order valence-corrected chi connectivity index (χ4v) is 5.03. The first-order chi connectivity index (χ1) is 11.3. The Bertz CT molecular complexity index is 684. The monoisotopic (exact) mass is 366 g/mol. The van der Waals surface area contributed by atoms with Crippen molar-refractivity contribution in [3.8, 4) is 0 Å². The first-order valence-electron chi connectivity index (χ1n) is 8.92. The lowest BCUT2D eigenvalue weighted by molar-refractivity contribution is -0.176. The summed E-state index contributed by atoms with van der Waals surface area (Å²) in [6, 6.07) is 0. The van der Waals surface area contributed by atoms with E-state index in [0.29, 0.717) is 12.2 Å². The minimum atomic E-state index is -2.03. The van der Waals surface area contributed by atoms with Crippen LogP contribution in [0.2, 0.25) is 18.1 Å². The maximum absolute atomic E-state index is 11.4. The molecule has 5 nitrogen and oxygen atoms in total. The van der Waals surface area contributed by atoms with E-state index in [1.807, 2.05) is 13.8 Å². The Morgan fingerprint density at radius 2 is 1.92 bits per heavy atom. The first kappa shape index (κ1) is 18.8. The van der Waals surface area contributed by atoms with Crippen LogP contribution in [0.4, 0.5) is 0 Å². The molecule has 0 N–H and O–H groups in total. The van der Waals surface area contributed by atoms with Crippen molar-refractivity contribution in [2.45, 2.75) is 89.7 Å². The van der Waals surface area contributed by atoms with Crippen molar-refractivity contribution in [2.24, 2.45) is 0 Å². The van der Waals surface area contributed by atoms with Crippen molar-refractivity contribution >= 4 is 14.6 Å². The van der Waals surface area contributed by atoms with E-state index < -0.39 is 19.7 Å². The molecule has 140 valence electrons. The number of ether oxygens (including phenoxy) is 2. The quantitative estimate of drug-likeness (QED) is 0.577. The van der Waals surface area contributed by atoms with Crippen LogP contribution in [0.3, 0.4) is 0 Å². The van der Waals surface area contributed by atoms with Crippen LogP contribution in [-0.4, -0.2) is 32.1 Å². The Labute approximate surface area is 151 Å². The van der Waals surface area contributed by atoms with E-state index in [4.69, 9.17) is 18.3 Å². The molecule has 3 atom stereocenters. The first-order valence-corrected chi connectivity index (χ1v) is 11.8. The van der Waals surface area contributed by atoms with Gasteiger partial charge in [0.15, 0.2) is 26.2 Å². The van der Waals surface area contributed by atoms with Gasteiger partial charge in [-0.1, -0.05) is 20.8 Å². The predicted molar refractivity (Wildman–Crippen MR) is 97.3 cm³/mol. The second kappa shape index (κ2) is 5.52. The van der Waals surface area contributed by atoms with Crippen LogP contribution in [0.15, 0.2) is 10.7 Å². The Balaban J connectivity index is 2.05. The minimum absolute atomic E-state index is 0.0813. The summed E-state index contributed by atoms with van der Waals surface area (Å²) in [7, 11) is -2.03. The topological polar surface area (TPSA) is 57.9 Å². The molecule has 0 aromatic carbocycles. The number of rotatable bonds is 3. The summed E-state index contributed by atoms with van der Waals surface area (Å²) in [5.74, 6) is -0.344. The van der Waals surface area contributed by atoms with Crippen molar-refractivity contribution in [3.63, 3.8) is 0 Å². The van der Waals surface area contributed by atoms with E-state index >= 15 is 0 Å². The third kappa shape index (κ3) is 2.93. The molecule has 25 heavy (non-hydrogen) atoms. The van der Waals surface area contributed by atoms with Crippen LogP contribution in [0.5, 0.6) is 0 Å². The molecule has 0 bridgehead atoms. The van der Waals surface area contributed by atoms with Gasteiger partial charge in [0, 0.05) is 17.5 Å². The number of hydrogen-bond acceptors (Lipinski definition) is 5. The van der Waals surface area contributed by atoms with Gasteiger partial charge >= 0.3 is 0 Å². The van der Waals surface area contributed by atoms with Gasteiger partial charge < -0.3 is 18.3 Å². The third-order valence-corrected chi connectivity index (χ3v) is 10.5. The normalized spacial score (nSPS) is 31.5. The highest BCUT2D eigenvalue weighted by Crippen LogP contribution is 2.54. The molecule has 0 amide bonds. The molecule has 0 saturated carbocycles. The summed E-state index contributed by atoms with van der Waals surface area (Å²) >= 11 is 0. The summed E-state index contributed by atoms with van der Waals surface area (Å²) in [4.78, 5) is 11.4. The Hall–Kier alpha value is -0.953. The molecule has 0 radical (unpaired) electrons.